The van der Waals surface area contributed by atoms with Gasteiger partial charge in [0.2, 0.25) is 0 Å². The molecule has 0 bridgehead atoms. The molecule has 0 unspecified atom stereocenters. The lowest BCUT2D eigenvalue weighted by Gasteiger charge is -2.09. The van der Waals surface area contributed by atoms with Gasteiger partial charge in [0.15, 0.2) is 9.84 Å². The molecule has 0 aliphatic carbocycles. The molecule has 0 fully saturated rings. The quantitative estimate of drug-likeness (QED) is 0.839. The standard InChI is InChI=1S/C12H19NO3S/c1-3-17(14,15)8-7-16-12-6-4-5-11(9-12)10(2)13/h4-6,9-10H,3,7-8,13H2,1-2H3/t10-/m0/s1. The van der Waals surface area contributed by atoms with Gasteiger partial charge in [-0.05, 0) is 24.6 Å². The van der Waals surface area contributed by atoms with E-state index in [1.54, 1.807) is 13.0 Å². The fourth-order valence-corrected chi connectivity index (χ4v) is 1.94. The molecule has 1 aromatic carbocycles. The Balaban J connectivity index is 2.55. The molecule has 0 aliphatic rings. The summed E-state index contributed by atoms with van der Waals surface area (Å²) in [5, 5.41) is 0. The summed E-state index contributed by atoms with van der Waals surface area (Å²) in [7, 11) is -2.97. The maximum absolute atomic E-state index is 11.3. The minimum atomic E-state index is -2.97. The van der Waals surface area contributed by atoms with E-state index in [0.29, 0.717) is 5.75 Å². The zero-order chi connectivity index (χ0) is 12.9. The molecule has 0 saturated heterocycles. The van der Waals surface area contributed by atoms with Crippen molar-refractivity contribution in [2.45, 2.75) is 19.9 Å². The predicted octanol–water partition coefficient (Wildman–Crippen LogP) is 1.52. The molecule has 0 aliphatic heterocycles. The van der Waals surface area contributed by atoms with Crippen molar-refractivity contribution in [2.75, 3.05) is 18.1 Å². The third kappa shape index (κ3) is 4.75. The molecule has 0 heterocycles. The second kappa shape index (κ2) is 6.02. The van der Waals surface area contributed by atoms with Crippen molar-refractivity contribution in [2.24, 2.45) is 5.73 Å². The molecule has 1 rings (SSSR count). The average molecular weight is 257 g/mol. The van der Waals surface area contributed by atoms with Gasteiger partial charge in [0, 0.05) is 11.8 Å². The van der Waals surface area contributed by atoms with Crippen molar-refractivity contribution < 1.29 is 13.2 Å². The Bertz CT molecular complexity index is 455. The third-order valence-corrected chi connectivity index (χ3v) is 4.16. The first-order valence-electron chi connectivity index (χ1n) is 5.63. The molecule has 1 atom stereocenters. The van der Waals surface area contributed by atoms with Gasteiger partial charge in [-0.25, -0.2) is 8.42 Å². The topological polar surface area (TPSA) is 69.4 Å². The summed E-state index contributed by atoms with van der Waals surface area (Å²) < 4.78 is 27.9. The molecule has 1 aromatic rings. The summed E-state index contributed by atoms with van der Waals surface area (Å²) in [5.41, 5.74) is 6.72. The van der Waals surface area contributed by atoms with Gasteiger partial charge in [-0.3, -0.25) is 0 Å². The number of sulfone groups is 1. The van der Waals surface area contributed by atoms with E-state index in [-0.39, 0.29) is 24.2 Å². The first-order valence-corrected chi connectivity index (χ1v) is 7.45. The smallest absolute Gasteiger partial charge is 0.153 e. The number of ether oxygens (including phenoxy) is 1. The largest absolute Gasteiger partial charge is 0.493 e. The maximum atomic E-state index is 11.3. The molecular formula is C12H19NO3S. The summed E-state index contributed by atoms with van der Waals surface area (Å²) in [6.07, 6.45) is 0. The van der Waals surface area contributed by atoms with E-state index in [2.05, 4.69) is 0 Å². The van der Waals surface area contributed by atoms with Crippen LogP contribution >= 0.6 is 0 Å². The number of benzene rings is 1. The van der Waals surface area contributed by atoms with E-state index in [0.717, 1.165) is 5.56 Å². The molecular weight excluding hydrogens is 238 g/mol. The molecule has 17 heavy (non-hydrogen) atoms. The van der Waals surface area contributed by atoms with E-state index in [1.165, 1.54) is 0 Å². The molecule has 4 nitrogen and oxygen atoms in total. The van der Waals surface area contributed by atoms with E-state index in [9.17, 15) is 8.42 Å². The van der Waals surface area contributed by atoms with Crippen molar-refractivity contribution in [3.05, 3.63) is 29.8 Å². The average Bonchev–Trinajstić information content (AvgIpc) is 2.29. The minimum absolute atomic E-state index is 0.0475. The Labute approximate surface area is 103 Å². The zero-order valence-electron chi connectivity index (χ0n) is 10.2. The van der Waals surface area contributed by atoms with Crippen LogP contribution in [0, 0.1) is 0 Å². The molecule has 0 aromatic heterocycles. The maximum Gasteiger partial charge on any atom is 0.153 e. The van der Waals surface area contributed by atoms with E-state index >= 15 is 0 Å². The Morgan fingerprint density at radius 1 is 1.41 bits per heavy atom. The Morgan fingerprint density at radius 3 is 2.71 bits per heavy atom. The van der Waals surface area contributed by atoms with Crippen molar-refractivity contribution in [1.29, 1.82) is 0 Å². The first-order chi connectivity index (χ1) is 7.94. The van der Waals surface area contributed by atoms with Crippen LogP contribution in [0.2, 0.25) is 0 Å². The second-order valence-corrected chi connectivity index (χ2v) is 6.42. The van der Waals surface area contributed by atoms with Gasteiger partial charge in [0.05, 0.1) is 5.75 Å². The predicted molar refractivity (Wildman–Crippen MR) is 68.9 cm³/mol. The van der Waals surface area contributed by atoms with E-state index < -0.39 is 9.84 Å². The van der Waals surface area contributed by atoms with Gasteiger partial charge >= 0.3 is 0 Å². The summed E-state index contributed by atoms with van der Waals surface area (Å²) in [6, 6.07) is 7.34. The SMILES string of the molecule is CCS(=O)(=O)CCOc1cccc([C@H](C)N)c1. The second-order valence-electron chi connectivity index (χ2n) is 3.95. The van der Waals surface area contributed by atoms with Gasteiger partial charge in [-0.2, -0.15) is 0 Å². The molecule has 2 N–H and O–H groups in total. The van der Waals surface area contributed by atoms with Crippen LogP contribution in [0.25, 0.3) is 0 Å². The van der Waals surface area contributed by atoms with Gasteiger partial charge < -0.3 is 10.5 Å². The highest BCUT2D eigenvalue weighted by atomic mass is 32.2. The summed E-state index contributed by atoms with van der Waals surface area (Å²) in [6.45, 7) is 3.70. The van der Waals surface area contributed by atoms with Gasteiger partial charge in [0.25, 0.3) is 0 Å². The lowest BCUT2D eigenvalue weighted by molar-refractivity contribution is 0.340. The first kappa shape index (κ1) is 14.0. The number of rotatable bonds is 6. The van der Waals surface area contributed by atoms with Crippen LogP contribution in [0.1, 0.15) is 25.5 Å². The van der Waals surface area contributed by atoms with Crippen molar-refractivity contribution in [1.82, 2.24) is 0 Å². The normalized spacial score (nSPS) is 13.4. The summed E-state index contributed by atoms with van der Waals surface area (Å²) in [4.78, 5) is 0. The van der Waals surface area contributed by atoms with Crippen molar-refractivity contribution in [3.63, 3.8) is 0 Å². The molecule has 0 radical (unpaired) electrons. The number of hydrogen-bond donors (Lipinski definition) is 1. The number of nitrogens with two attached hydrogens (primary N) is 1. The van der Waals surface area contributed by atoms with Crippen LogP contribution in [-0.4, -0.2) is 26.5 Å². The molecule has 5 heteroatoms. The molecule has 96 valence electrons. The molecule has 0 spiro atoms. The zero-order valence-corrected chi connectivity index (χ0v) is 11.0. The Kier molecular flexibility index (Phi) is 4.96. The Hall–Kier alpha value is -1.07. The highest BCUT2D eigenvalue weighted by Crippen LogP contribution is 2.17. The van der Waals surface area contributed by atoms with Gasteiger partial charge in [-0.15, -0.1) is 0 Å². The highest BCUT2D eigenvalue weighted by Gasteiger charge is 2.07. The summed E-state index contributed by atoms with van der Waals surface area (Å²) >= 11 is 0. The monoisotopic (exact) mass is 257 g/mol. The van der Waals surface area contributed by atoms with Gasteiger partial charge in [0.1, 0.15) is 12.4 Å². The molecule has 0 saturated carbocycles. The lowest BCUT2D eigenvalue weighted by atomic mass is 10.1. The summed E-state index contributed by atoms with van der Waals surface area (Å²) in [5.74, 6) is 0.855. The molecule has 0 amide bonds. The van der Waals surface area contributed by atoms with Crippen LogP contribution in [0.3, 0.4) is 0 Å². The van der Waals surface area contributed by atoms with Gasteiger partial charge in [-0.1, -0.05) is 19.1 Å². The van der Waals surface area contributed by atoms with Crippen LogP contribution in [-0.2, 0) is 9.84 Å². The van der Waals surface area contributed by atoms with Crippen LogP contribution in [0.15, 0.2) is 24.3 Å². The van der Waals surface area contributed by atoms with Crippen LogP contribution in [0.5, 0.6) is 5.75 Å². The lowest BCUT2D eigenvalue weighted by Crippen LogP contribution is -2.15. The fourth-order valence-electron chi connectivity index (χ4n) is 1.32. The minimum Gasteiger partial charge on any atom is -0.493 e. The fraction of sp³-hybridized carbons (Fsp3) is 0.500. The third-order valence-electron chi connectivity index (χ3n) is 2.49. The number of hydrogen-bond acceptors (Lipinski definition) is 4. The van der Waals surface area contributed by atoms with E-state index in [1.807, 2.05) is 25.1 Å². The van der Waals surface area contributed by atoms with Crippen LogP contribution < -0.4 is 10.5 Å². The van der Waals surface area contributed by atoms with Crippen LogP contribution in [0.4, 0.5) is 0 Å². The van der Waals surface area contributed by atoms with Crippen molar-refractivity contribution >= 4 is 9.84 Å². The van der Waals surface area contributed by atoms with E-state index in [4.69, 9.17) is 10.5 Å². The highest BCUT2D eigenvalue weighted by molar-refractivity contribution is 7.91. The van der Waals surface area contributed by atoms with Crippen molar-refractivity contribution in [3.8, 4) is 5.75 Å². The Morgan fingerprint density at radius 2 is 2.12 bits per heavy atom.